The second-order valence-electron chi connectivity index (χ2n) is 10.00. The quantitative estimate of drug-likeness (QED) is 0.285. The van der Waals surface area contributed by atoms with Gasteiger partial charge in [0.15, 0.2) is 5.76 Å². The van der Waals surface area contributed by atoms with Gasteiger partial charge in [-0.2, -0.15) is 0 Å². The van der Waals surface area contributed by atoms with Gasteiger partial charge >= 0.3 is 0 Å². The smallest absolute Gasteiger partial charge is 0.152 e. The van der Waals surface area contributed by atoms with Crippen LogP contribution in [-0.4, -0.2) is 59.2 Å². The average Bonchev–Trinajstić information content (AvgIpc) is 2.86. The van der Waals surface area contributed by atoms with Crippen LogP contribution >= 0.6 is 0 Å². The zero-order valence-electron chi connectivity index (χ0n) is 20.4. The summed E-state index contributed by atoms with van der Waals surface area (Å²) in [4.78, 5) is 0. The Labute approximate surface area is 218 Å². The Hall–Kier alpha value is -4.08. The summed E-state index contributed by atoms with van der Waals surface area (Å²) < 4.78 is 5.98. The van der Waals surface area contributed by atoms with Gasteiger partial charge in [0, 0.05) is 54.4 Å². The minimum atomic E-state index is -1.37. The van der Waals surface area contributed by atoms with Crippen molar-refractivity contribution in [3.05, 3.63) is 100.0 Å². The number of phenolic OH excluding ortho intramolecular Hbond substituents is 2. The van der Waals surface area contributed by atoms with Crippen LogP contribution in [0, 0.1) is 5.92 Å². The van der Waals surface area contributed by atoms with Crippen molar-refractivity contribution >= 4 is 0 Å². The van der Waals surface area contributed by atoms with E-state index in [1.165, 1.54) is 18.2 Å². The lowest BCUT2D eigenvalue weighted by atomic mass is 9.73. The molecule has 0 fully saturated rings. The molecule has 1 aliphatic heterocycles. The minimum Gasteiger partial charge on any atom is -0.512 e. The lowest BCUT2D eigenvalue weighted by Crippen LogP contribution is -2.47. The minimum absolute atomic E-state index is 0.0256. The Morgan fingerprint density at radius 3 is 2.29 bits per heavy atom. The molecular weight excluding hydrogens is 492 g/mol. The summed E-state index contributed by atoms with van der Waals surface area (Å²) in [5, 5.41) is 83.9. The second-order valence-corrected chi connectivity index (χ2v) is 10.00. The van der Waals surface area contributed by atoms with E-state index in [1.54, 1.807) is 24.3 Å². The van der Waals surface area contributed by atoms with Gasteiger partial charge in [0.25, 0.3) is 0 Å². The summed E-state index contributed by atoms with van der Waals surface area (Å²) in [5.41, 5.74) is 1.84. The monoisotopic (exact) mass is 522 g/mol. The Bertz CT molecular complexity index is 1360. The number of allylic oxidation sites excluding steroid dienone is 9. The Balaban J connectivity index is 1.53. The van der Waals surface area contributed by atoms with Crippen molar-refractivity contribution < 1.29 is 45.6 Å². The van der Waals surface area contributed by atoms with Gasteiger partial charge in [-0.3, -0.25) is 0 Å². The van der Waals surface area contributed by atoms with Gasteiger partial charge in [-0.05, 0) is 35.8 Å². The summed E-state index contributed by atoms with van der Waals surface area (Å²) >= 11 is 0. The number of aliphatic hydroxyl groups excluding tert-OH is 6. The van der Waals surface area contributed by atoms with E-state index < -0.39 is 30.1 Å². The largest absolute Gasteiger partial charge is 0.512 e. The van der Waals surface area contributed by atoms with Crippen LogP contribution in [0.4, 0.5) is 0 Å². The molecule has 1 heterocycles. The molecule has 0 spiro atoms. The van der Waals surface area contributed by atoms with Crippen molar-refractivity contribution in [2.45, 2.75) is 49.9 Å². The van der Waals surface area contributed by atoms with Crippen molar-refractivity contribution in [1.82, 2.24) is 0 Å². The number of rotatable bonds is 4. The number of hydrogen-bond donors (Lipinski definition) is 8. The summed E-state index contributed by atoms with van der Waals surface area (Å²) in [5.74, 6) is -2.76. The molecule has 38 heavy (non-hydrogen) atoms. The van der Waals surface area contributed by atoms with Crippen LogP contribution in [0.5, 0.6) is 17.2 Å². The van der Waals surface area contributed by atoms with E-state index in [9.17, 15) is 40.9 Å². The molecule has 9 nitrogen and oxygen atoms in total. The highest BCUT2D eigenvalue weighted by molar-refractivity contribution is 5.58. The van der Waals surface area contributed by atoms with Crippen LogP contribution in [0.25, 0.3) is 0 Å². The molecule has 0 bridgehead atoms. The van der Waals surface area contributed by atoms with Crippen molar-refractivity contribution in [1.29, 1.82) is 0 Å². The van der Waals surface area contributed by atoms with E-state index in [1.807, 2.05) is 6.08 Å². The third-order valence-electron chi connectivity index (χ3n) is 7.42. The van der Waals surface area contributed by atoms with Crippen LogP contribution in [0.3, 0.4) is 0 Å². The SMILES string of the molecule is OC1=CC=C(/C=C/C2=CC(O)=C([C@H]3c4c(O)cc(O)cc4O[C@H](C4C=CC(O)=C(O)C4)[C@@H]3O)C(O)C2)CC1. The Morgan fingerprint density at radius 1 is 0.842 bits per heavy atom. The highest BCUT2D eigenvalue weighted by Crippen LogP contribution is 2.51. The first kappa shape index (κ1) is 25.6. The van der Waals surface area contributed by atoms with Gasteiger partial charge in [0.05, 0.1) is 11.9 Å². The molecule has 5 atom stereocenters. The molecule has 9 heteroatoms. The molecule has 200 valence electrons. The summed E-state index contributed by atoms with van der Waals surface area (Å²) in [6, 6.07) is 2.37. The predicted molar refractivity (Wildman–Crippen MR) is 138 cm³/mol. The first-order valence-electron chi connectivity index (χ1n) is 12.4. The number of phenols is 2. The van der Waals surface area contributed by atoms with Crippen molar-refractivity contribution in [3.8, 4) is 17.2 Å². The molecule has 1 aromatic carbocycles. The van der Waals surface area contributed by atoms with Crippen LogP contribution < -0.4 is 4.74 Å². The highest BCUT2D eigenvalue weighted by Gasteiger charge is 2.47. The average molecular weight is 523 g/mol. The number of fused-ring (bicyclic) bond motifs is 1. The van der Waals surface area contributed by atoms with E-state index in [2.05, 4.69) is 0 Å². The molecule has 2 unspecified atom stereocenters. The van der Waals surface area contributed by atoms with E-state index in [-0.39, 0.29) is 58.5 Å². The number of aliphatic hydroxyl groups is 6. The van der Waals surface area contributed by atoms with E-state index >= 15 is 0 Å². The zero-order chi connectivity index (χ0) is 27.1. The zero-order valence-corrected chi connectivity index (χ0v) is 20.4. The summed E-state index contributed by atoms with van der Waals surface area (Å²) in [6.07, 6.45) is 9.18. The topological polar surface area (TPSA) is 171 Å². The summed E-state index contributed by atoms with van der Waals surface area (Å²) in [7, 11) is 0. The first-order valence-corrected chi connectivity index (χ1v) is 12.4. The fraction of sp³-hybridized carbons (Fsp3) is 0.310. The normalized spacial score (nSPS) is 29.5. The Morgan fingerprint density at radius 2 is 1.61 bits per heavy atom. The fourth-order valence-electron chi connectivity index (χ4n) is 5.50. The van der Waals surface area contributed by atoms with Gasteiger partial charge < -0.3 is 45.6 Å². The van der Waals surface area contributed by atoms with Gasteiger partial charge in [0.2, 0.25) is 0 Å². The van der Waals surface area contributed by atoms with Gasteiger partial charge in [-0.1, -0.05) is 24.3 Å². The van der Waals surface area contributed by atoms with Crippen molar-refractivity contribution in [2.75, 3.05) is 0 Å². The molecule has 1 aromatic rings. The standard InChI is InChI=1S/C29H30O9/c30-17-6-3-14(4-7-17)1-2-15-9-21(34)25(22(35)10-15)27-26-23(36)12-18(31)13-24(26)38-29(28(27)37)16-5-8-19(32)20(33)11-16/h1-3,5-6,8-9,12-13,16,22,27-37H,4,7,10-11H2/b2-1+/t16?,22?,27-,28+,29+/m0/s1. The molecule has 0 aromatic heterocycles. The van der Waals surface area contributed by atoms with E-state index in [4.69, 9.17) is 4.74 Å². The van der Waals surface area contributed by atoms with Gasteiger partial charge in [0.1, 0.15) is 41.0 Å². The molecule has 5 rings (SSSR count). The molecule has 0 radical (unpaired) electrons. The molecule has 0 amide bonds. The molecule has 0 saturated carbocycles. The molecule has 0 saturated heterocycles. The predicted octanol–water partition coefficient (Wildman–Crippen LogP) is 4.43. The fourth-order valence-corrected chi connectivity index (χ4v) is 5.50. The van der Waals surface area contributed by atoms with Crippen LogP contribution in [-0.2, 0) is 0 Å². The van der Waals surface area contributed by atoms with Crippen LogP contribution in [0.1, 0.15) is 37.2 Å². The van der Waals surface area contributed by atoms with Crippen LogP contribution in [0.2, 0.25) is 0 Å². The maximum atomic E-state index is 11.5. The van der Waals surface area contributed by atoms with Gasteiger partial charge in [-0.15, -0.1) is 0 Å². The number of ether oxygens (including phenoxy) is 1. The van der Waals surface area contributed by atoms with Gasteiger partial charge in [-0.25, -0.2) is 0 Å². The van der Waals surface area contributed by atoms with Crippen molar-refractivity contribution in [2.24, 2.45) is 5.92 Å². The number of aromatic hydroxyl groups is 2. The molecular formula is C29H30O9. The van der Waals surface area contributed by atoms with E-state index in [0.717, 1.165) is 11.6 Å². The molecule has 4 aliphatic rings. The second kappa shape index (κ2) is 10.00. The lowest BCUT2D eigenvalue weighted by Gasteiger charge is -2.42. The van der Waals surface area contributed by atoms with E-state index in [0.29, 0.717) is 24.2 Å². The van der Waals surface area contributed by atoms with Crippen LogP contribution in [0.15, 0.2) is 94.4 Å². The highest BCUT2D eigenvalue weighted by atomic mass is 16.5. The molecule has 8 N–H and O–H groups in total. The number of benzene rings is 1. The molecule has 3 aliphatic carbocycles. The lowest BCUT2D eigenvalue weighted by molar-refractivity contribution is -0.0212. The maximum absolute atomic E-state index is 11.5. The maximum Gasteiger partial charge on any atom is 0.152 e. The third-order valence-corrected chi connectivity index (χ3v) is 7.42. The number of hydrogen-bond acceptors (Lipinski definition) is 9. The first-order chi connectivity index (χ1) is 18.1. The summed E-state index contributed by atoms with van der Waals surface area (Å²) in [6.45, 7) is 0. The third kappa shape index (κ3) is 4.78. The van der Waals surface area contributed by atoms with Crippen molar-refractivity contribution in [3.63, 3.8) is 0 Å². The Kier molecular flexibility index (Phi) is 6.73.